The molecule has 0 aliphatic rings. The first-order valence-corrected chi connectivity index (χ1v) is 7.07. The number of nitrogens with one attached hydrogen (secondary N) is 1. The number of amides is 1. The molecule has 0 saturated heterocycles. The number of rotatable bonds is 4. The third-order valence-electron chi connectivity index (χ3n) is 3.39. The van der Waals surface area contributed by atoms with E-state index in [1.54, 1.807) is 10.9 Å². The third kappa shape index (κ3) is 3.03. The van der Waals surface area contributed by atoms with Crippen LogP contribution < -0.4 is 5.32 Å². The van der Waals surface area contributed by atoms with E-state index in [4.69, 9.17) is 0 Å². The second-order valence-electron chi connectivity index (χ2n) is 4.99. The van der Waals surface area contributed by atoms with Gasteiger partial charge in [-0.3, -0.25) is 4.79 Å². The number of carbonyl (C=O) groups excluding carboxylic acids is 1. The molecular weight excluding hydrogens is 276 g/mol. The van der Waals surface area contributed by atoms with Crippen molar-refractivity contribution < 1.29 is 4.79 Å². The fourth-order valence-corrected chi connectivity index (χ4v) is 2.17. The second-order valence-corrected chi connectivity index (χ2v) is 4.99. The van der Waals surface area contributed by atoms with E-state index >= 15 is 0 Å². The molecule has 0 aliphatic heterocycles. The van der Waals surface area contributed by atoms with E-state index in [-0.39, 0.29) is 11.9 Å². The quantitative estimate of drug-likeness (QED) is 0.804. The van der Waals surface area contributed by atoms with E-state index < -0.39 is 0 Å². The Morgan fingerprint density at radius 1 is 1.05 bits per heavy atom. The molecule has 0 saturated carbocycles. The Morgan fingerprint density at radius 2 is 1.68 bits per heavy atom. The average Bonchev–Trinajstić information content (AvgIpc) is 3.06. The molecule has 2 aromatic carbocycles. The highest BCUT2D eigenvalue weighted by molar-refractivity contribution is 5.92. The normalized spacial score (nSPS) is 11.9. The molecule has 1 atom stereocenters. The molecule has 22 heavy (non-hydrogen) atoms. The Hall–Kier alpha value is -2.95. The summed E-state index contributed by atoms with van der Waals surface area (Å²) in [5.41, 5.74) is 2.21. The summed E-state index contributed by atoms with van der Waals surface area (Å²) in [6.45, 7) is 1.94. The van der Waals surface area contributed by atoms with Gasteiger partial charge in [0.2, 0.25) is 0 Å². The number of nitrogens with zero attached hydrogens (tertiary/aromatic N) is 3. The molecule has 3 aromatic rings. The van der Waals surface area contributed by atoms with Crippen molar-refractivity contribution >= 4 is 5.91 Å². The van der Waals surface area contributed by atoms with Gasteiger partial charge in [-0.15, -0.1) is 5.10 Å². The molecule has 1 unspecified atom stereocenters. The van der Waals surface area contributed by atoms with Gasteiger partial charge in [0.05, 0.1) is 17.9 Å². The Bertz CT molecular complexity index is 753. The highest BCUT2D eigenvalue weighted by Gasteiger charge is 2.14. The molecule has 1 N–H and O–H groups in total. The standard InChI is InChI=1S/C17H16N4O/c1-13(14-8-4-2-5-9-14)18-17(22)16-12-21(20-19-16)15-10-6-3-7-11-15/h2-13H,1H3,(H,18,22). The van der Waals surface area contributed by atoms with Crippen molar-refractivity contribution in [1.29, 1.82) is 0 Å². The Morgan fingerprint density at radius 3 is 2.36 bits per heavy atom. The first kappa shape index (κ1) is 14.0. The zero-order valence-electron chi connectivity index (χ0n) is 12.2. The smallest absolute Gasteiger partial charge is 0.273 e. The molecule has 0 bridgehead atoms. The van der Waals surface area contributed by atoms with E-state index in [1.807, 2.05) is 67.6 Å². The Kier molecular flexibility index (Phi) is 3.96. The van der Waals surface area contributed by atoms with Crippen LogP contribution in [0.15, 0.2) is 66.9 Å². The SMILES string of the molecule is CC(NC(=O)c1cn(-c2ccccc2)nn1)c1ccccc1. The van der Waals surface area contributed by atoms with Gasteiger partial charge < -0.3 is 5.32 Å². The van der Waals surface area contributed by atoms with E-state index in [0.29, 0.717) is 5.69 Å². The number of aromatic nitrogens is 3. The van der Waals surface area contributed by atoms with Crippen molar-refractivity contribution in [1.82, 2.24) is 20.3 Å². The maximum Gasteiger partial charge on any atom is 0.273 e. The minimum atomic E-state index is -0.237. The van der Waals surface area contributed by atoms with Crippen molar-refractivity contribution in [3.8, 4) is 5.69 Å². The monoisotopic (exact) mass is 292 g/mol. The van der Waals surface area contributed by atoms with Crippen molar-refractivity contribution in [2.45, 2.75) is 13.0 Å². The molecule has 1 aromatic heterocycles. The predicted molar refractivity (Wildman–Crippen MR) is 83.7 cm³/mol. The van der Waals surface area contributed by atoms with Crippen LogP contribution in [0.4, 0.5) is 0 Å². The van der Waals surface area contributed by atoms with Crippen LogP contribution in [-0.4, -0.2) is 20.9 Å². The fraction of sp³-hybridized carbons (Fsp3) is 0.118. The van der Waals surface area contributed by atoms with E-state index in [0.717, 1.165) is 11.3 Å². The molecule has 0 spiro atoms. The van der Waals surface area contributed by atoms with Crippen molar-refractivity contribution in [3.63, 3.8) is 0 Å². The predicted octanol–water partition coefficient (Wildman–Crippen LogP) is 2.76. The van der Waals surface area contributed by atoms with Crippen molar-refractivity contribution in [2.75, 3.05) is 0 Å². The second kappa shape index (κ2) is 6.22. The minimum absolute atomic E-state index is 0.0874. The lowest BCUT2D eigenvalue weighted by atomic mass is 10.1. The van der Waals surface area contributed by atoms with Crippen LogP contribution in [0.5, 0.6) is 0 Å². The summed E-state index contributed by atoms with van der Waals surface area (Å²) < 4.78 is 1.59. The molecule has 1 heterocycles. The molecule has 5 heteroatoms. The molecule has 0 fully saturated rings. The van der Waals surface area contributed by atoms with Crippen molar-refractivity contribution in [3.05, 3.63) is 78.1 Å². The number of para-hydroxylation sites is 1. The first-order valence-electron chi connectivity index (χ1n) is 7.07. The van der Waals surface area contributed by atoms with Crippen LogP contribution in [0.25, 0.3) is 5.69 Å². The van der Waals surface area contributed by atoms with Crippen molar-refractivity contribution in [2.24, 2.45) is 0 Å². The average molecular weight is 292 g/mol. The van der Waals surface area contributed by atoms with Crippen LogP contribution >= 0.6 is 0 Å². The molecule has 3 rings (SSSR count). The summed E-state index contributed by atoms with van der Waals surface area (Å²) in [7, 11) is 0. The van der Waals surface area contributed by atoms with Gasteiger partial charge in [0.1, 0.15) is 0 Å². The number of carbonyl (C=O) groups is 1. The molecule has 0 aliphatic carbocycles. The summed E-state index contributed by atoms with van der Waals surface area (Å²) in [6, 6.07) is 19.3. The lowest BCUT2D eigenvalue weighted by Gasteiger charge is -2.12. The lowest BCUT2D eigenvalue weighted by molar-refractivity contribution is 0.0935. The van der Waals surface area contributed by atoms with Crippen LogP contribution in [0.3, 0.4) is 0 Å². The minimum Gasteiger partial charge on any atom is -0.344 e. The fourth-order valence-electron chi connectivity index (χ4n) is 2.17. The number of hydrogen-bond acceptors (Lipinski definition) is 3. The summed E-state index contributed by atoms with van der Waals surface area (Å²) in [4.78, 5) is 12.2. The van der Waals surface area contributed by atoms with Gasteiger partial charge in [-0.2, -0.15) is 0 Å². The van der Waals surface area contributed by atoms with E-state index in [9.17, 15) is 4.79 Å². The Labute approximate surface area is 128 Å². The van der Waals surface area contributed by atoms with Gasteiger partial charge in [-0.1, -0.05) is 53.7 Å². The van der Waals surface area contributed by atoms with Crippen LogP contribution in [0.1, 0.15) is 29.0 Å². The largest absolute Gasteiger partial charge is 0.344 e. The molecule has 5 nitrogen and oxygen atoms in total. The zero-order chi connectivity index (χ0) is 15.4. The molecule has 1 amide bonds. The molecular formula is C17H16N4O. The van der Waals surface area contributed by atoms with E-state index in [1.165, 1.54) is 0 Å². The Balaban J connectivity index is 1.72. The van der Waals surface area contributed by atoms with Gasteiger partial charge in [-0.25, -0.2) is 4.68 Å². The topological polar surface area (TPSA) is 59.8 Å². The number of hydrogen-bond donors (Lipinski definition) is 1. The summed E-state index contributed by atoms with van der Waals surface area (Å²) >= 11 is 0. The first-order chi connectivity index (χ1) is 10.7. The lowest BCUT2D eigenvalue weighted by Crippen LogP contribution is -2.26. The van der Waals surface area contributed by atoms with Crippen LogP contribution in [-0.2, 0) is 0 Å². The van der Waals surface area contributed by atoms with Gasteiger partial charge in [-0.05, 0) is 24.6 Å². The van der Waals surface area contributed by atoms with E-state index in [2.05, 4.69) is 15.6 Å². The maximum atomic E-state index is 12.2. The van der Waals surface area contributed by atoms with Gasteiger partial charge >= 0.3 is 0 Å². The highest BCUT2D eigenvalue weighted by Crippen LogP contribution is 2.12. The van der Waals surface area contributed by atoms with Gasteiger partial charge in [0.25, 0.3) is 5.91 Å². The van der Waals surface area contributed by atoms with Gasteiger partial charge in [0, 0.05) is 0 Å². The van der Waals surface area contributed by atoms with Gasteiger partial charge in [0.15, 0.2) is 5.69 Å². The molecule has 0 radical (unpaired) electrons. The third-order valence-corrected chi connectivity index (χ3v) is 3.39. The summed E-state index contributed by atoms with van der Waals surface area (Å²) in [6.07, 6.45) is 1.63. The maximum absolute atomic E-state index is 12.2. The highest BCUT2D eigenvalue weighted by atomic mass is 16.2. The molecule has 110 valence electrons. The number of benzene rings is 2. The summed E-state index contributed by atoms with van der Waals surface area (Å²) in [5.74, 6) is -0.237. The zero-order valence-corrected chi connectivity index (χ0v) is 12.2. The van der Waals surface area contributed by atoms with Crippen LogP contribution in [0.2, 0.25) is 0 Å². The summed E-state index contributed by atoms with van der Waals surface area (Å²) in [5, 5.41) is 10.9. The van der Waals surface area contributed by atoms with Crippen LogP contribution in [0, 0.1) is 0 Å².